The smallest absolute Gasteiger partial charge is 0.170 e. The molecule has 2 rings (SSSR count). The normalized spacial score (nSPS) is 10.3. The van der Waals surface area contributed by atoms with Crippen LogP contribution in [0.25, 0.3) is 0 Å². The zero-order chi connectivity index (χ0) is 15.9. The van der Waals surface area contributed by atoms with Gasteiger partial charge in [0.1, 0.15) is 0 Å². The van der Waals surface area contributed by atoms with Crippen LogP contribution in [0, 0.1) is 20.8 Å². The van der Waals surface area contributed by atoms with Gasteiger partial charge in [-0.2, -0.15) is 0 Å². The quantitative estimate of drug-likeness (QED) is 0.626. The number of rotatable bonds is 5. The van der Waals surface area contributed by atoms with Crippen molar-refractivity contribution < 1.29 is 0 Å². The second kappa shape index (κ2) is 7.95. The highest BCUT2D eigenvalue weighted by atomic mass is 32.1. The minimum atomic E-state index is 0.693. The van der Waals surface area contributed by atoms with Crippen LogP contribution in [0.2, 0.25) is 0 Å². The highest BCUT2D eigenvalue weighted by molar-refractivity contribution is 7.80. The summed E-state index contributed by atoms with van der Waals surface area (Å²) in [5, 5.41) is 7.25. The average molecular weight is 312 g/mol. The van der Waals surface area contributed by atoms with Gasteiger partial charge in [0.15, 0.2) is 5.11 Å². The Morgan fingerprint density at radius 1 is 1.00 bits per heavy atom. The lowest BCUT2D eigenvalue weighted by molar-refractivity contribution is 0.777. The summed E-state index contributed by atoms with van der Waals surface area (Å²) in [5.41, 5.74) is 6.22. The first-order valence-electron chi connectivity index (χ1n) is 7.72. The van der Waals surface area contributed by atoms with Gasteiger partial charge in [-0.05, 0) is 68.6 Å². The predicted octanol–water partition coefficient (Wildman–Crippen LogP) is 4.53. The first-order valence-corrected chi connectivity index (χ1v) is 8.13. The van der Waals surface area contributed by atoms with Gasteiger partial charge in [0.25, 0.3) is 0 Å². The van der Waals surface area contributed by atoms with E-state index in [1.54, 1.807) is 0 Å². The van der Waals surface area contributed by atoms with Crippen molar-refractivity contribution in [3.8, 4) is 0 Å². The van der Waals surface area contributed by atoms with Crippen LogP contribution >= 0.6 is 12.2 Å². The van der Waals surface area contributed by atoms with Gasteiger partial charge in [-0.1, -0.05) is 42.0 Å². The fraction of sp³-hybridized carbons (Fsp3) is 0.316. The standard InChI is InChI=1S/C19H24N2S/c1-14-6-4-7-17(12-14)8-5-11-20-19(22)21-18-13-15(2)9-10-16(18)3/h4,6-7,9-10,12-13H,5,8,11H2,1-3H3,(H2,20,21,22). The van der Waals surface area contributed by atoms with E-state index < -0.39 is 0 Å². The first-order chi connectivity index (χ1) is 10.5. The van der Waals surface area contributed by atoms with E-state index in [9.17, 15) is 0 Å². The number of thiocarbonyl (C=S) groups is 1. The molecule has 0 spiro atoms. The Kier molecular flexibility index (Phi) is 5.96. The number of hydrogen-bond donors (Lipinski definition) is 2. The summed E-state index contributed by atoms with van der Waals surface area (Å²) in [7, 11) is 0. The molecule has 2 N–H and O–H groups in total. The third kappa shape index (κ3) is 5.15. The van der Waals surface area contributed by atoms with E-state index in [-0.39, 0.29) is 0 Å². The van der Waals surface area contributed by atoms with Gasteiger partial charge in [0, 0.05) is 12.2 Å². The molecule has 0 saturated carbocycles. The highest BCUT2D eigenvalue weighted by Gasteiger charge is 2.01. The molecule has 0 heterocycles. The molecular formula is C19H24N2S. The van der Waals surface area contributed by atoms with Crippen molar-refractivity contribution in [2.75, 3.05) is 11.9 Å². The molecule has 22 heavy (non-hydrogen) atoms. The largest absolute Gasteiger partial charge is 0.362 e. The number of anilines is 1. The maximum atomic E-state index is 5.37. The van der Waals surface area contributed by atoms with Crippen LogP contribution in [0.5, 0.6) is 0 Å². The van der Waals surface area contributed by atoms with Crippen LogP contribution in [0.15, 0.2) is 42.5 Å². The second-order valence-corrected chi connectivity index (χ2v) is 6.20. The lowest BCUT2D eigenvalue weighted by Gasteiger charge is -2.13. The summed E-state index contributed by atoms with van der Waals surface area (Å²) in [6.07, 6.45) is 2.14. The summed E-state index contributed by atoms with van der Waals surface area (Å²) in [5.74, 6) is 0. The van der Waals surface area contributed by atoms with Gasteiger partial charge in [-0.3, -0.25) is 0 Å². The van der Waals surface area contributed by atoms with Gasteiger partial charge < -0.3 is 10.6 Å². The third-order valence-corrected chi connectivity index (χ3v) is 3.90. The van der Waals surface area contributed by atoms with E-state index in [0.29, 0.717) is 5.11 Å². The molecule has 0 aliphatic rings. The molecule has 0 atom stereocenters. The molecule has 0 aromatic heterocycles. The summed E-state index contributed by atoms with van der Waals surface area (Å²) < 4.78 is 0. The Labute approximate surface area is 139 Å². The number of hydrogen-bond acceptors (Lipinski definition) is 1. The van der Waals surface area contributed by atoms with Gasteiger partial charge in [-0.15, -0.1) is 0 Å². The monoisotopic (exact) mass is 312 g/mol. The van der Waals surface area contributed by atoms with Crippen LogP contribution < -0.4 is 10.6 Å². The first kappa shape index (κ1) is 16.5. The molecule has 0 fully saturated rings. The van der Waals surface area contributed by atoms with Crippen molar-refractivity contribution in [2.45, 2.75) is 33.6 Å². The van der Waals surface area contributed by atoms with E-state index in [1.807, 2.05) is 0 Å². The summed E-state index contributed by atoms with van der Waals surface area (Å²) in [6.45, 7) is 7.18. The Morgan fingerprint density at radius 2 is 1.77 bits per heavy atom. The molecule has 116 valence electrons. The third-order valence-electron chi connectivity index (χ3n) is 3.65. The Bertz CT molecular complexity index is 650. The topological polar surface area (TPSA) is 24.1 Å². The Morgan fingerprint density at radius 3 is 2.55 bits per heavy atom. The average Bonchev–Trinajstić information content (AvgIpc) is 2.48. The zero-order valence-electron chi connectivity index (χ0n) is 13.6. The van der Waals surface area contributed by atoms with Gasteiger partial charge in [0.05, 0.1) is 0 Å². The van der Waals surface area contributed by atoms with E-state index >= 15 is 0 Å². The SMILES string of the molecule is Cc1cccc(CCCNC(=S)Nc2cc(C)ccc2C)c1. The van der Waals surface area contributed by atoms with E-state index in [0.717, 1.165) is 25.1 Å². The fourth-order valence-electron chi connectivity index (χ4n) is 2.40. The maximum absolute atomic E-state index is 5.37. The molecule has 0 radical (unpaired) electrons. The predicted molar refractivity (Wildman–Crippen MR) is 99.6 cm³/mol. The van der Waals surface area contributed by atoms with E-state index in [2.05, 4.69) is 73.9 Å². The van der Waals surface area contributed by atoms with Crippen LogP contribution in [0.1, 0.15) is 28.7 Å². The van der Waals surface area contributed by atoms with E-state index in [4.69, 9.17) is 12.2 Å². The molecule has 2 aromatic carbocycles. The van der Waals surface area contributed by atoms with Crippen molar-refractivity contribution in [3.63, 3.8) is 0 Å². The van der Waals surface area contributed by atoms with E-state index in [1.165, 1.54) is 22.3 Å². The highest BCUT2D eigenvalue weighted by Crippen LogP contribution is 2.16. The Balaban J connectivity index is 1.75. The fourth-order valence-corrected chi connectivity index (χ4v) is 2.61. The molecule has 0 amide bonds. The van der Waals surface area contributed by atoms with Crippen LogP contribution in [-0.4, -0.2) is 11.7 Å². The Hall–Kier alpha value is -1.87. The molecule has 3 heteroatoms. The molecule has 2 aromatic rings. The summed E-state index contributed by atoms with van der Waals surface area (Å²) in [4.78, 5) is 0. The number of nitrogens with one attached hydrogen (secondary N) is 2. The van der Waals surface area contributed by atoms with Crippen molar-refractivity contribution in [1.82, 2.24) is 5.32 Å². The summed E-state index contributed by atoms with van der Waals surface area (Å²) >= 11 is 5.37. The van der Waals surface area contributed by atoms with Crippen molar-refractivity contribution in [2.24, 2.45) is 0 Å². The molecule has 0 bridgehead atoms. The molecule has 2 nitrogen and oxygen atoms in total. The molecule has 0 aliphatic carbocycles. The van der Waals surface area contributed by atoms with Crippen LogP contribution in [0.3, 0.4) is 0 Å². The lowest BCUT2D eigenvalue weighted by atomic mass is 10.1. The molecule has 0 aliphatic heterocycles. The van der Waals surface area contributed by atoms with Crippen molar-refractivity contribution >= 4 is 23.0 Å². The molecular weight excluding hydrogens is 288 g/mol. The van der Waals surface area contributed by atoms with Crippen molar-refractivity contribution in [3.05, 3.63) is 64.7 Å². The second-order valence-electron chi connectivity index (χ2n) is 5.79. The lowest BCUT2D eigenvalue weighted by Crippen LogP contribution is -2.29. The van der Waals surface area contributed by atoms with Crippen LogP contribution in [0.4, 0.5) is 5.69 Å². The maximum Gasteiger partial charge on any atom is 0.170 e. The van der Waals surface area contributed by atoms with Crippen molar-refractivity contribution in [1.29, 1.82) is 0 Å². The minimum absolute atomic E-state index is 0.693. The number of aryl methyl sites for hydroxylation is 4. The summed E-state index contributed by atoms with van der Waals surface area (Å²) in [6, 6.07) is 15.0. The van der Waals surface area contributed by atoms with Gasteiger partial charge >= 0.3 is 0 Å². The number of benzene rings is 2. The van der Waals surface area contributed by atoms with Gasteiger partial charge in [0.2, 0.25) is 0 Å². The van der Waals surface area contributed by atoms with Crippen LogP contribution in [-0.2, 0) is 6.42 Å². The minimum Gasteiger partial charge on any atom is -0.362 e. The molecule has 0 saturated heterocycles. The molecule has 0 unspecified atom stereocenters. The van der Waals surface area contributed by atoms with Gasteiger partial charge in [-0.25, -0.2) is 0 Å². The zero-order valence-corrected chi connectivity index (χ0v) is 14.4.